The Morgan fingerprint density at radius 3 is 3.00 bits per heavy atom. The molecule has 1 aliphatic heterocycles. The van der Waals surface area contributed by atoms with Gasteiger partial charge in [-0.25, -0.2) is 4.98 Å². The minimum atomic E-state index is -0.242. The Kier molecular flexibility index (Phi) is 1.91. The maximum Gasteiger partial charge on any atom is 0.221 e. The molecular weight excluding hydrogens is 230 g/mol. The molecule has 0 aliphatic carbocycles. The molecule has 13 heavy (non-hydrogen) atoms. The molecule has 0 N–H and O–H groups in total. The number of halogens is 1. The molecule has 0 saturated carbocycles. The molecule has 1 aromatic heterocycles. The Hall–Kier alpha value is -0.830. The van der Waals surface area contributed by atoms with E-state index < -0.39 is 0 Å². The first-order valence-corrected chi connectivity index (χ1v) is 4.90. The van der Waals surface area contributed by atoms with E-state index in [4.69, 9.17) is 4.74 Å². The van der Waals surface area contributed by atoms with Gasteiger partial charge in [0.05, 0.1) is 0 Å². The van der Waals surface area contributed by atoms with Gasteiger partial charge in [-0.2, -0.15) is 0 Å². The molecule has 0 atom stereocenters. The lowest BCUT2D eigenvalue weighted by Crippen LogP contribution is -2.27. The largest absolute Gasteiger partial charge is 0.467 e. The van der Waals surface area contributed by atoms with E-state index in [2.05, 4.69) is 20.9 Å². The summed E-state index contributed by atoms with van der Waals surface area (Å²) in [5, 5.41) is 0. The highest BCUT2D eigenvalue weighted by atomic mass is 79.9. The van der Waals surface area contributed by atoms with Crippen LogP contribution in [0.15, 0.2) is 22.8 Å². The molecule has 0 unspecified atom stereocenters. The normalized spacial score (nSPS) is 17.8. The van der Waals surface area contributed by atoms with E-state index in [0.29, 0.717) is 5.88 Å². The predicted octanol–water partition coefficient (Wildman–Crippen LogP) is 3.03. The van der Waals surface area contributed by atoms with Crippen molar-refractivity contribution in [2.75, 3.05) is 0 Å². The van der Waals surface area contributed by atoms with Crippen LogP contribution in [0.1, 0.15) is 19.4 Å². The fourth-order valence-corrected chi connectivity index (χ4v) is 1.57. The van der Waals surface area contributed by atoms with Gasteiger partial charge in [0.15, 0.2) is 0 Å². The van der Waals surface area contributed by atoms with Crippen molar-refractivity contribution in [1.29, 1.82) is 0 Å². The molecular formula is C10H10BrNO. The molecule has 0 bridgehead atoms. The van der Waals surface area contributed by atoms with Gasteiger partial charge in [0.1, 0.15) is 5.60 Å². The molecule has 0 spiro atoms. The van der Waals surface area contributed by atoms with Gasteiger partial charge in [0, 0.05) is 16.2 Å². The second-order valence-corrected chi connectivity index (χ2v) is 4.50. The summed E-state index contributed by atoms with van der Waals surface area (Å²) in [4.78, 5) is 4.19. The first kappa shape index (κ1) is 8.75. The quantitative estimate of drug-likeness (QED) is 0.695. The molecule has 0 saturated heterocycles. The third kappa shape index (κ3) is 1.75. The van der Waals surface area contributed by atoms with E-state index in [1.165, 1.54) is 0 Å². The van der Waals surface area contributed by atoms with Gasteiger partial charge in [-0.1, -0.05) is 0 Å². The van der Waals surface area contributed by atoms with Crippen molar-refractivity contribution in [2.24, 2.45) is 0 Å². The molecule has 1 aliphatic rings. The highest BCUT2D eigenvalue weighted by Crippen LogP contribution is 2.30. The Bertz CT molecular complexity index is 371. The minimum Gasteiger partial charge on any atom is -0.467 e. The fourth-order valence-electron chi connectivity index (χ4n) is 1.22. The van der Waals surface area contributed by atoms with Crippen molar-refractivity contribution in [3.63, 3.8) is 0 Å². The lowest BCUT2D eigenvalue weighted by molar-refractivity contribution is 0.151. The SMILES string of the molecule is CC1(C)C=Cc2cc(Br)cnc2O1. The molecule has 2 nitrogen and oxygen atoms in total. The van der Waals surface area contributed by atoms with Crippen LogP contribution in [0.25, 0.3) is 6.08 Å². The van der Waals surface area contributed by atoms with Crippen molar-refractivity contribution in [3.05, 3.63) is 28.4 Å². The third-order valence-electron chi connectivity index (χ3n) is 1.87. The standard InChI is InChI=1S/C10H10BrNO/c1-10(2)4-3-7-5-8(11)6-12-9(7)13-10/h3-6H,1-2H3. The second-order valence-electron chi connectivity index (χ2n) is 3.59. The summed E-state index contributed by atoms with van der Waals surface area (Å²) >= 11 is 3.37. The molecule has 68 valence electrons. The second kappa shape index (κ2) is 2.84. The van der Waals surface area contributed by atoms with Crippen LogP contribution in [0.3, 0.4) is 0 Å². The zero-order valence-corrected chi connectivity index (χ0v) is 9.13. The van der Waals surface area contributed by atoms with Crippen LogP contribution < -0.4 is 4.74 Å². The number of ether oxygens (including phenoxy) is 1. The number of rotatable bonds is 0. The van der Waals surface area contributed by atoms with E-state index in [1.807, 2.05) is 32.1 Å². The smallest absolute Gasteiger partial charge is 0.221 e. The van der Waals surface area contributed by atoms with E-state index in [1.54, 1.807) is 6.20 Å². The van der Waals surface area contributed by atoms with Crippen LogP contribution in [-0.2, 0) is 0 Å². The molecule has 1 aromatic rings. The topological polar surface area (TPSA) is 22.1 Å². The monoisotopic (exact) mass is 239 g/mol. The Labute approximate surface area is 85.8 Å². The summed E-state index contributed by atoms with van der Waals surface area (Å²) < 4.78 is 6.63. The van der Waals surface area contributed by atoms with Crippen molar-refractivity contribution in [3.8, 4) is 5.88 Å². The number of nitrogens with zero attached hydrogens (tertiary/aromatic N) is 1. The maximum atomic E-state index is 5.66. The predicted molar refractivity (Wildman–Crippen MR) is 55.7 cm³/mol. The van der Waals surface area contributed by atoms with E-state index in [9.17, 15) is 0 Å². The Balaban J connectivity index is 2.47. The zero-order valence-electron chi connectivity index (χ0n) is 7.54. The van der Waals surface area contributed by atoms with Gasteiger partial charge in [-0.3, -0.25) is 0 Å². The van der Waals surface area contributed by atoms with Crippen LogP contribution in [0, 0.1) is 0 Å². The zero-order chi connectivity index (χ0) is 9.47. The number of aromatic nitrogens is 1. The lowest BCUT2D eigenvalue weighted by atomic mass is 10.0. The average Bonchev–Trinajstić information content (AvgIpc) is 2.05. The van der Waals surface area contributed by atoms with Crippen LogP contribution in [0.5, 0.6) is 5.88 Å². The highest BCUT2D eigenvalue weighted by Gasteiger charge is 2.22. The molecule has 0 radical (unpaired) electrons. The third-order valence-corrected chi connectivity index (χ3v) is 2.30. The van der Waals surface area contributed by atoms with Crippen molar-refractivity contribution >= 4 is 22.0 Å². The highest BCUT2D eigenvalue weighted by molar-refractivity contribution is 9.10. The Morgan fingerprint density at radius 1 is 1.46 bits per heavy atom. The number of fused-ring (bicyclic) bond motifs is 1. The van der Waals surface area contributed by atoms with E-state index in [-0.39, 0.29) is 5.60 Å². The molecule has 0 fully saturated rings. The summed E-state index contributed by atoms with van der Waals surface area (Å²) in [7, 11) is 0. The van der Waals surface area contributed by atoms with E-state index >= 15 is 0 Å². The van der Waals surface area contributed by atoms with Gasteiger partial charge in [-0.05, 0) is 48.0 Å². The van der Waals surface area contributed by atoms with Gasteiger partial charge in [0.25, 0.3) is 0 Å². The lowest BCUT2D eigenvalue weighted by Gasteiger charge is -2.26. The van der Waals surface area contributed by atoms with E-state index in [0.717, 1.165) is 10.0 Å². The number of hydrogen-bond acceptors (Lipinski definition) is 2. The molecule has 0 amide bonds. The number of pyridine rings is 1. The molecule has 3 heteroatoms. The first-order valence-electron chi connectivity index (χ1n) is 4.11. The van der Waals surface area contributed by atoms with Crippen LogP contribution >= 0.6 is 15.9 Å². The van der Waals surface area contributed by atoms with Gasteiger partial charge < -0.3 is 4.74 Å². The van der Waals surface area contributed by atoms with Gasteiger partial charge >= 0.3 is 0 Å². The number of hydrogen-bond donors (Lipinski definition) is 0. The summed E-state index contributed by atoms with van der Waals surface area (Å²) in [5.74, 6) is 0.704. The van der Waals surface area contributed by atoms with Crippen molar-refractivity contribution in [1.82, 2.24) is 4.98 Å². The first-order chi connectivity index (χ1) is 6.07. The average molecular weight is 240 g/mol. The van der Waals surface area contributed by atoms with Gasteiger partial charge in [0.2, 0.25) is 5.88 Å². The van der Waals surface area contributed by atoms with Crippen molar-refractivity contribution < 1.29 is 4.74 Å². The molecule has 2 heterocycles. The summed E-state index contributed by atoms with van der Waals surface area (Å²) in [6.45, 7) is 4.02. The fraction of sp³-hybridized carbons (Fsp3) is 0.300. The Morgan fingerprint density at radius 2 is 2.23 bits per heavy atom. The summed E-state index contributed by atoms with van der Waals surface area (Å²) in [6.07, 6.45) is 5.81. The summed E-state index contributed by atoms with van der Waals surface area (Å²) in [5.41, 5.74) is 0.780. The van der Waals surface area contributed by atoms with Crippen LogP contribution in [-0.4, -0.2) is 10.6 Å². The minimum absolute atomic E-state index is 0.242. The van der Waals surface area contributed by atoms with Crippen LogP contribution in [0.2, 0.25) is 0 Å². The maximum absolute atomic E-state index is 5.66. The van der Waals surface area contributed by atoms with Crippen LogP contribution in [0.4, 0.5) is 0 Å². The molecule has 0 aromatic carbocycles. The summed E-state index contributed by atoms with van der Waals surface area (Å²) in [6, 6.07) is 1.99. The van der Waals surface area contributed by atoms with Gasteiger partial charge in [-0.15, -0.1) is 0 Å². The molecule has 2 rings (SSSR count). The van der Waals surface area contributed by atoms with Crippen molar-refractivity contribution in [2.45, 2.75) is 19.4 Å².